The Morgan fingerprint density at radius 2 is 1.74 bits per heavy atom. The van der Waals surface area contributed by atoms with Crippen molar-refractivity contribution < 1.29 is 9.59 Å². The Morgan fingerprint density at radius 3 is 2.37 bits per heavy atom. The molecule has 7 heteroatoms. The molecule has 0 radical (unpaired) electrons. The maximum absolute atomic E-state index is 13.0. The average Bonchev–Trinajstić information content (AvgIpc) is 2.63. The molecule has 0 spiro atoms. The summed E-state index contributed by atoms with van der Waals surface area (Å²) in [4.78, 5) is 26.9. The predicted molar refractivity (Wildman–Crippen MR) is 110 cm³/mol. The molecule has 1 atom stereocenters. The number of likely N-dealkylation sites (N-methyl/N-ethyl adjacent to an activating group) is 1. The van der Waals surface area contributed by atoms with Gasteiger partial charge in [-0.3, -0.25) is 9.59 Å². The molecule has 2 aromatic carbocycles. The van der Waals surface area contributed by atoms with E-state index < -0.39 is 6.04 Å². The molecule has 0 bridgehead atoms. The molecule has 0 aliphatic heterocycles. The Bertz CT molecular complexity index is 827. The number of hydrogen-bond acceptors (Lipinski definition) is 2. The molecule has 0 aliphatic carbocycles. The molecule has 2 rings (SSSR count). The lowest BCUT2D eigenvalue weighted by Gasteiger charge is -2.29. The summed E-state index contributed by atoms with van der Waals surface area (Å²) in [5.74, 6) is -0.446. The largest absolute Gasteiger partial charge is 0.355 e. The van der Waals surface area contributed by atoms with Gasteiger partial charge in [0.1, 0.15) is 6.04 Å². The first-order valence-corrected chi connectivity index (χ1v) is 9.71. The van der Waals surface area contributed by atoms with E-state index in [4.69, 9.17) is 34.8 Å². The van der Waals surface area contributed by atoms with E-state index >= 15 is 0 Å². The normalized spacial score (nSPS) is 11.7. The molecule has 0 heterocycles. The number of carbonyl (C=O) groups excluding carboxylic acids is 2. The number of hydrogen-bond donors (Lipinski definition) is 1. The minimum atomic E-state index is -0.653. The van der Waals surface area contributed by atoms with Crippen molar-refractivity contribution in [1.82, 2.24) is 10.2 Å². The van der Waals surface area contributed by atoms with Gasteiger partial charge in [-0.05, 0) is 43.2 Å². The Balaban J connectivity index is 2.28. The van der Waals surface area contributed by atoms with Crippen molar-refractivity contribution in [3.63, 3.8) is 0 Å². The first-order chi connectivity index (χ1) is 12.8. The molecule has 0 unspecified atom stereocenters. The van der Waals surface area contributed by atoms with Gasteiger partial charge >= 0.3 is 0 Å². The zero-order valence-corrected chi connectivity index (χ0v) is 17.4. The van der Waals surface area contributed by atoms with Crippen LogP contribution in [0.15, 0.2) is 42.5 Å². The van der Waals surface area contributed by atoms with Crippen molar-refractivity contribution >= 4 is 46.6 Å². The minimum Gasteiger partial charge on any atom is -0.355 e. The van der Waals surface area contributed by atoms with E-state index in [1.165, 1.54) is 4.90 Å². The van der Waals surface area contributed by atoms with Gasteiger partial charge in [-0.15, -0.1) is 0 Å². The fraction of sp³-hybridized carbons (Fsp3) is 0.300. The van der Waals surface area contributed by atoms with E-state index in [2.05, 4.69) is 5.32 Å². The second-order valence-electron chi connectivity index (χ2n) is 6.10. The summed E-state index contributed by atoms with van der Waals surface area (Å²) in [5, 5.41) is 4.21. The van der Waals surface area contributed by atoms with Gasteiger partial charge in [0, 0.05) is 28.2 Å². The zero-order chi connectivity index (χ0) is 20.0. The van der Waals surface area contributed by atoms with Gasteiger partial charge in [0.15, 0.2) is 0 Å². The van der Waals surface area contributed by atoms with Crippen molar-refractivity contribution in [3.8, 4) is 0 Å². The predicted octanol–water partition coefficient (Wildman–Crippen LogP) is 4.74. The number of benzene rings is 2. The highest BCUT2D eigenvalue weighted by molar-refractivity contribution is 6.35. The SMILES string of the molecule is CCNC(=O)[C@H](C)N(Cc1ccccc1Cl)C(=O)Cc1ccc(Cl)cc1Cl. The first-order valence-electron chi connectivity index (χ1n) is 8.58. The summed E-state index contributed by atoms with van der Waals surface area (Å²) in [5.41, 5.74) is 1.42. The monoisotopic (exact) mass is 426 g/mol. The summed E-state index contributed by atoms with van der Waals surface area (Å²) in [6.45, 7) is 4.24. The highest BCUT2D eigenvalue weighted by atomic mass is 35.5. The Morgan fingerprint density at radius 1 is 1.04 bits per heavy atom. The minimum absolute atomic E-state index is 0.0597. The molecule has 1 N–H and O–H groups in total. The van der Waals surface area contributed by atoms with Gasteiger partial charge in [0.25, 0.3) is 0 Å². The van der Waals surface area contributed by atoms with Crippen LogP contribution in [0, 0.1) is 0 Å². The van der Waals surface area contributed by atoms with E-state index in [0.717, 1.165) is 5.56 Å². The van der Waals surface area contributed by atoms with Crippen molar-refractivity contribution in [1.29, 1.82) is 0 Å². The van der Waals surface area contributed by atoms with Crippen LogP contribution in [0.1, 0.15) is 25.0 Å². The fourth-order valence-corrected chi connectivity index (χ4v) is 3.32. The van der Waals surface area contributed by atoms with Crippen LogP contribution in [0.5, 0.6) is 0 Å². The molecular formula is C20H21Cl3N2O2. The quantitative estimate of drug-likeness (QED) is 0.693. The number of carbonyl (C=O) groups is 2. The summed E-state index contributed by atoms with van der Waals surface area (Å²) in [6.07, 6.45) is 0.0597. The van der Waals surface area contributed by atoms with Gasteiger partial charge in [0.05, 0.1) is 6.42 Å². The van der Waals surface area contributed by atoms with Crippen LogP contribution in [0.2, 0.25) is 15.1 Å². The lowest BCUT2D eigenvalue weighted by Crippen LogP contribution is -2.48. The van der Waals surface area contributed by atoms with Crippen LogP contribution in [-0.4, -0.2) is 29.3 Å². The smallest absolute Gasteiger partial charge is 0.242 e. The summed E-state index contributed by atoms with van der Waals surface area (Å²) < 4.78 is 0. The Hall–Kier alpha value is -1.75. The molecule has 2 amide bonds. The Labute approximate surface area is 174 Å². The lowest BCUT2D eigenvalue weighted by atomic mass is 10.1. The highest BCUT2D eigenvalue weighted by Gasteiger charge is 2.26. The number of amides is 2. The number of rotatable bonds is 7. The summed E-state index contributed by atoms with van der Waals surface area (Å²) >= 11 is 18.4. The van der Waals surface area contributed by atoms with Gasteiger partial charge in [-0.2, -0.15) is 0 Å². The van der Waals surface area contributed by atoms with Crippen molar-refractivity contribution in [2.45, 2.75) is 32.9 Å². The summed E-state index contributed by atoms with van der Waals surface area (Å²) in [7, 11) is 0. The highest BCUT2D eigenvalue weighted by Crippen LogP contribution is 2.23. The molecule has 0 aliphatic rings. The molecular weight excluding hydrogens is 407 g/mol. The third-order valence-corrected chi connectivity index (χ3v) is 5.13. The molecule has 0 saturated carbocycles. The third kappa shape index (κ3) is 5.86. The van der Waals surface area contributed by atoms with Crippen LogP contribution in [0.3, 0.4) is 0 Å². The van der Waals surface area contributed by atoms with Crippen LogP contribution in [0.25, 0.3) is 0 Å². The van der Waals surface area contributed by atoms with Gasteiger partial charge < -0.3 is 10.2 Å². The van der Waals surface area contributed by atoms with Crippen LogP contribution >= 0.6 is 34.8 Å². The van der Waals surface area contributed by atoms with E-state index in [1.54, 1.807) is 31.2 Å². The van der Waals surface area contributed by atoms with Crippen molar-refractivity contribution in [2.75, 3.05) is 6.54 Å². The molecule has 0 saturated heterocycles. The summed E-state index contributed by atoms with van der Waals surface area (Å²) in [6, 6.07) is 11.6. The van der Waals surface area contributed by atoms with Crippen molar-refractivity contribution in [2.24, 2.45) is 0 Å². The zero-order valence-electron chi connectivity index (χ0n) is 15.1. The molecule has 0 fully saturated rings. The number of nitrogens with zero attached hydrogens (tertiary/aromatic N) is 1. The second kappa shape index (κ2) is 9.98. The van der Waals surface area contributed by atoms with Gasteiger partial charge in [0.2, 0.25) is 11.8 Å². The average molecular weight is 428 g/mol. The maximum atomic E-state index is 13.0. The van der Waals surface area contributed by atoms with E-state index in [1.807, 2.05) is 25.1 Å². The van der Waals surface area contributed by atoms with Crippen LogP contribution < -0.4 is 5.32 Å². The van der Waals surface area contributed by atoms with Gasteiger partial charge in [-0.1, -0.05) is 59.1 Å². The van der Waals surface area contributed by atoms with Crippen LogP contribution in [-0.2, 0) is 22.6 Å². The van der Waals surface area contributed by atoms with E-state index in [9.17, 15) is 9.59 Å². The number of halogens is 3. The molecule has 27 heavy (non-hydrogen) atoms. The van der Waals surface area contributed by atoms with Crippen LogP contribution in [0.4, 0.5) is 0 Å². The third-order valence-electron chi connectivity index (χ3n) is 4.17. The number of nitrogens with one attached hydrogen (secondary N) is 1. The van der Waals surface area contributed by atoms with Gasteiger partial charge in [-0.25, -0.2) is 0 Å². The molecule has 144 valence electrons. The lowest BCUT2D eigenvalue weighted by molar-refractivity contribution is -0.140. The standard InChI is InChI=1S/C20H21Cl3N2O2/c1-3-24-20(27)13(2)25(12-15-6-4-5-7-17(15)22)19(26)10-14-8-9-16(21)11-18(14)23/h4-9,11,13H,3,10,12H2,1-2H3,(H,24,27)/t13-/m0/s1. The topological polar surface area (TPSA) is 49.4 Å². The fourth-order valence-electron chi connectivity index (χ4n) is 2.64. The molecule has 4 nitrogen and oxygen atoms in total. The second-order valence-corrected chi connectivity index (χ2v) is 7.35. The first kappa shape index (κ1) is 21.5. The van der Waals surface area contributed by atoms with E-state index in [-0.39, 0.29) is 24.8 Å². The van der Waals surface area contributed by atoms with Crippen molar-refractivity contribution in [3.05, 3.63) is 68.7 Å². The molecule has 2 aromatic rings. The molecule has 0 aromatic heterocycles. The van der Waals surface area contributed by atoms with E-state index in [0.29, 0.717) is 27.2 Å². The Kier molecular flexibility index (Phi) is 7.96. The maximum Gasteiger partial charge on any atom is 0.242 e.